The maximum Gasteiger partial charge on any atom is 0.256 e. The maximum atomic E-state index is 12.5. The second-order valence-electron chi connectivity index (χ2n) is 5.03. The van der Waals surface area contributed by atoms with Crippen LogP contribution in [-0.4, -0.2) is 17.9 Å². The van der Waals surface area contributed by atoms with E-state index >= 15 is 0 Å². The van der Waals surface area contributed by atoms with Crippen LogP contribution in [-0.2, 0) is 6.54 Å². The molecule has 0 unspecified atom stereocenters. The lowest BCUT2D eigenvalue weighted by Crippen LogP contribution is -2.26. The van der Waals surface area contributed by atoms with Gasteiger partial charge in [-0.05, 0) is 35.0 Å². The Morgan fingerprint density at radius 3 is 2.52 bits per heavy atom. The third kappa shape index (κ3) is 2.60. The fourth-order valence-corrected chi connectivity index (χ4v) is 2.36. The summed E-state index contributed by atoms with van der Waals surface area (Å²) in [6.45, 7) is 0.415. The van der Waals surface area contributed by atoms with Crippen molar-refractivity contribution >= 4 is 22.4 Å². The summed E-state index contributed by atoms with van der Waals surface area (Å²) < 4.78 is 5.27. The normalized spacial score (nSPS) is 10.7. The molecule has 0 atom stereocenters. The van der Waals surface area contributed by atoms with E-state index < -0.39 is 0 Å². The van der Waals surface area contributed by atoms with E-state index in [1.807, 2.05) is 42.5 Å². The van der Waals surface area contributed by atoms with Gasteiger partial charge in [0.05, 0.1) is 18.4 Å². The molecular formula is C17H16N2O2. The van der Waals surface area contributed by atoms with Gasteiger partial charge in [0, 0.05) is 12.7 Å². The van der Waals surface area contributed by atoms with Crippen molar-refractivity contribution in [2.45, 2.75) is 6.54 Å². The van der Waals surface area contributed by atoms with Gasteiger partial charge in [-0.15, -0.1) is 0 Å². The first-order valence-electron chi connectivity index (χ1n) is 6.71. The Kier molecular flexibility index (Phi) is 3.36. The molecule has 0 fully saturated rings. The zero-order valence-electron chi connectivity index (χ0n) is 11.7. The molecule has 2 aromatic carbocycles. The summed E-state index contributed by atoms with van der Waals surface area (Å²) in [6, 6.07) is 15.2. The van der Waals surface area contributed by atoms with Crippen molar-refractivity contribution in [3.63, 3.8) is 0 Å². The number of nitrogen functional groups attached to an aromatic ring is 1. The Morgan fingerprint density at radius 2 is 1.86 bits per heavy atom. The van der Waals surface area contributed by atoms with Gasteiger partial charge in [0.25, 0.3) is 5.91 Å². The second-order valence-corrected chi connectivity index (χ2v) is 5.03. The minimum atomic E-state index is -0.116. The molecule has 2 N–H and O–H groups in total. The first-order valence-corrected chi connectivity index (χ1v) is 6.71. The number of fused-ring (bicyclic) bond motifs is 1. The lowest BCUT2D eigenvalue weighted by Gasteiger charge is -2.17. The highest BCUT2D eigenvalue weighted by molar-refractivity contribution is 6.03. The highest BCUT2D eigenvalue weighted by atomic mass is 16.3. The topological polar surface area (TPSA) is 59.5 Å². The lowest BCUT2D eigenvalue weighted by molar-refractivity contribution is 0.0776. The van der Waals surface area contributed by atoms with Gasteiger partial charge in [-0.2, -0.15) is 0 Å². The molecule has 0 aliphatic heterocycles. The first kappa shape index (κ1) is 13.2. The molecule has 0 spiro atoms. The fourth-order valence-electron chi connectivity index (χ4n) is 2.36. The van der Waals surface area contributed by atoms with Crippen molar-refractivity contribution < 1.29 is 9.21 Å². The summed E-state index contributed by atoms with van der Waals surface area (Å²) >= 11 is 0. The van der Waals surface area contributed by atoms with Crippen molar-refractivity contribution in [1.82, 2.24) is 4.90 Å². The van der Waals surface area contributed by atoms with Crippen LogP contribution in [0, 0.1) is 0 Å². The van der Waals surface area contributed by atoms with Crippen molar-refractivity contribution in [3.05, 3.63) is 66.1 Å². The van der Waals surface area contributed by atoms with Crippen molar-refractivity contribution in [1.29, 1.82) is 0 Å². The van der Waals surface area contributed by atoms with Crippen molar-refractivity contribution in [2.24, 2.45) is 0 Å². The summed E-state index contributed by atoms with van der Waals surface area (Å²) in [5, 5.41) is 2.03. The third-order valence-electron chi connectivity index (χ3n) is 3.47. The summed E-state index contributed by atoms with van der Waals surface area (Å²) in [5.74, 6) is 0.625. The smallest absolute Gasteiger partial charge is 0.256 e. The Balaban J connectivity index is 1.91. The number of hydrogen-bond donors (Lipinski definition) is 1. The van der Waals surface area contributed by atoms with Gasteiger partial charge in [-0.1, -0.05) is 24.3 Å². The van der Waals surface area contributed by atoms with Crippen LogP contribution in [0.2, 0.25) is 0 Å². The summed E-state index contributed by atoms with van der Waals surface area (Å²) in [5.41, 5.74) is 7.03. The largest absolute Gasteiger partial charge is 0.467 e. The standard InChI is InChI=1S/C17H16N2O2/c1-19(11-14-7-4-8-21-14)17(20)15-9-12-5-2-3-6-13(12)10-16(15)18/h2-10H,11,18H2,1H3. The molecule has 0 saturated heterocycles. The van der Waals surface area contributed by atoms with E-state index in [2.05, 4.69) is 0 Å². The summed E-state index contributed by atoms with van der Waals surface area (Å²) in [6.07, 6.45) is 1.60. The van der Waals surface area contributed by atoms with E-state index in [9.17, 15) is 4.79 Å². The molecule has 0 saturated carbocycles. The Morgan fingerprint density at radius 1 is 1.14 bits per heavy atom. The molecule has 0 radical (unpaired) electrons. The number of nitrogens with zero attached hydrogens (tertiary/aromatic N) is 1. The number of hydrogen-bond acceptors (Lipinski definition) is 3. The van der Waals surface area contributed by atoms with E-state index in [-0.39, 0.29) is 5.91 Å². The molecule has 0 bridgehead atoms. The van der Waals surface area contributed by atoms with Gasteiger partial charge in [0.1, 0.15) is 5.76 Å². The van der Waals surface area contributed by atoms with Gasteiger partial charge in [0.2, 0.25) is 0 Å². The predicted octanol–water partition coefficient (Wildman–Crippen LogP) is 3.29. The first-order chi connectivity index (χ1) is 10.1. The molecule has 3 aromatic rings. The average Bonchev–Trinajstić information content (AvgIpc) is 2.98. The number of amides is 1. The van der Waals surface area contributed by atoms with Crippen molar-refractivity contribution in [2.75, 3.05) is 12.8 Å². The Bertz CT molecular complexity index is 779. The summed E-state index contributed by atoms with van der Waals surface area (Å²) in [7, 11) is 1.74. The van der Waals surface area contributed by atoms with Crippen LogP contribution < -0.4 is 5.73 Å². The molecule has 0 aliphatic carbocycles. The van der Waals surface area contributed by atoms with E-state index in [0.717, 1.165) is 16.5 Å². The lowest BCUT2D eigenvalue weighted by atomic mass is 10.0. The number of carbonyl (C=O) groups is 1. The quantitative estimate of drug-likeness (QED) is 0.749. The maximum absolute atomic E-state index is 12.5. The van der Waals surface area contributed by atoms with Crippen LogP contribution in [0.3, 0.4) is 0 Å². The van der Waals surface area contributed by atoms with E-state index in [0.29, 0.717) is 17.8 Å². The number of rotatable bonds is 3. The van der Waals surface area contributed by atoms with Crippen LogP contribution in [0.4, 0.5) is 5.69 Å². The molecule has 1 aromatic heterocycles. The monoisotopic (exact) mass is 280 g/mol. The van der Waals surface area contributed by atoms with Crippen molar-refractivity contribution in [3.8, 4) is 0 Å². The molecular weight excluding hydrogens is 264 g/mol. The van der Waals surface area contributed by atoms with Gasteiger partial charge in [0.15, 0.2) is 0 Å². The molecule has 106 valence electrons. The van der Waals surface area contributed by atoms with Gasteiger partial charge < -0.3 is 15.1 Å². The number of anilines is 1. The second kappa shape index (κ2) is 5.32. The van der Waals surface area contributed by atoms with Gasteiger partial charge >= 0.3 is 0 Å². The fraction of sp³-hybridized carbons (Fsp3) is 0.118. The third-order valence-corrected chi connectivity index (χ3v) is 3.47. The number of carbonyl (C=O) groups excluding carboxylic acids is 1. The van der Waals surface area contributed by atoms with Crippen LogP contribution in [0.5, 0.6) is 0 Å². The summed E-state index contributed by atoms with van der Waals surface area (Å²) in [4.78, 5) is 14.1. The van der Waals surface area contributed by atoms with Crippen LogP contribution >= 0.6 is 0 Å². The predicted molar refractivity (Wildman–Crippen MR) is 82.9 cm³/mol. The Hall–Kier alpha value is -2.75. The molecule has 3 rings (SSSR count). The highest BCUT2D eigenvalue weighted by Crippen LogP contribution is 2.23. The van der Waals surface area contributed by atoms with Crippen LogP contribution in [0.15, 0.2) is 59.2 Å². The molecule has 21 heavy (non-hydrogen) atoms. The van der Waals surface area contributed by atoms with E-state index in [1.165, 1.54) is 0 Å². The molecule has 4 nitrogen and oxygen atoms in total. The Labute approximate surface area is 122 Å². The highest BCUT2D eigenvalue weighted by Gasteiger charge is 2.16. The van der Waals surface area contributed by atoms with Gasteiger partial charge in [-0.25, -0.2) is 0 Å². The zero-order chi connectivity index (χ0) is 14.8. The molecule has 4 heteroatoms. The van der Waals surface area contributed by atoms with Gasteiger partial charge in [-0.3, -0.25) is 4.79 Å². The van der Waals surface area contributed by atoms with Crippen LogP contribution in [0.25, 0.3) is 10.8 Å². The van der Waals surface area contributed by atoms with E-state index in [4.69, 9.17) is 10.2 Å². The number of nitrogens with two attached hydrogens (primary N) is 1. The average molecular weight is 280 g/mol. The zero-order valence-corrected chi connectivity index (χ0v) is 11.7. The SMILES string of the molecule is CN(Cc1ccco1)C(=O)c1cc2ccccc2cc1N. The number of benzene rings is 2. The van der Waals surface area contributed by atoms with Crippen LogP contribution in [0.1, 0.15) is 16.1 Å². The number of furan rings is 1. The molecule has 0 aliphatic rings. The molecule has 1 heterocycles. The minimum Gasteiger partial charge on any atom is -0.467 e. The van der Waals surface area contributed by atoms with E-state index in [1.54, 1.807) is 24.3 Å². The minimum absolute atomic E-state index is 0.116. The molecule has 1 amide bonds.